The molecule has 0 saturated carbocycles. The van der Waals surface area contributed by atoms with Crippen molar-refractivity contribution < 1.29 is 19.4 Å². The first kappa shape index (κ1) is 20.0. The van der Waals surface area contributed by atoms with Gasteiger partial charge in [0.15, 0.2) is 23.1 Å². The van der Waals surface area contributed by atoms with Gasteiger partial charge in [0, 0.05) is 6.42 Å². The molecule has 0 amide bonds. The molecule has 0 saturated heterocycles. The minimum Gasteiger partial charge on any atom is -0.504 e. The van der Waals surface area contributed by atoms with Gasteiger partial charge in [-0.25, -0.2) is 0 Å². The number of aromatic hydroxyl groups is 1. The molecule has 0 heterocycles. The minimum absolute atomic E-state index is 0.0100. The van der Waals surface area contributed by atoms with Gasteiger partial charge < -0.3 is 9.84 Å². The predicted molar refractivity (Wildman–Crippen MR) is 99.2 cm³/mol. The molecule has 1 N–H and O–H groups in total. The molecular formula is C21H22O4. The van der Waals surface area contributed by atoms with Gasteiger partial charge in [0.1, 0.15) is 0 Å². The van der Waals surface area contributed by atoms with Gasteiger partial charge >= 0.3 is 0 Å². The van der Waals surface area contributed by atoms with Crippen molar-refractivity contribution in [2.75, 3.05) is 7.11 Å². The lowest BCUT2D eigenvalue weighted by Gasteiger charge is -2.07. The van der Waals surface area contributed by atoms with Crippen LogP contribution in [0.4, 0.5) is 0 Å². The largest absolute Gasteiger partial charge is 0.504 e. The number of benzene rings is 1. The van der Waals surface area contributed by atoms with E-state index in [1.54, 1.807) is 24.3 Å². The van der Waals surface area contributed by atoms with E-state index in [2.05, 4.69) is 5.92 Å². The topological polar surface area (TPSA) is 63.6 Å². The summed E-state index contributed by atoms with van der Waals surface area (Å²) >= 11 is 0. The van der Waals surface area contributed by atoms with Crippen molar-refractivity contribution in [3.63, 3.8) is 0 Å². The Kier molecular flexibility index (Phi) is 7.95. The Morgan fingerprint density at radius 2 is 1.96 bits per heavy atom. The quantitative estimate of drug-likeness (QED) is 0.340. The molecule has 1 aromatic carbocycles. The van der Waals surface area contributed by atoms with Crippen LogP contribution >= 0.6 is 0 Å². The molecule has 0 bridgehead atoms. The van der Waals surface area contributed by atoms with Crippen molar-refractivity contribution in [1.82, 2.24) is 0 Å². The Bertz CT molecular complexity index is 761. The summed E-state index contributed by atoms with van der Waals surface area (Å²) in [4.78, 5) is 24.6. The van der Waals surface area contributed by atoms with Crippen LogP contribution in [0.15, 0.2) is 48.1 Å². The summed E-state index contributed by atoms with van der Waals surface area (Å²) in [5.41, 5.74) is 1.59. The standard InChI is InChI=1S/C21H22O4/c1-5-7-17(18(22)11-8-15(3)6-2)19(23)12-9-16-10-13-20(24)21(14-16)25-4/h1,6,8-14,17,24H,7H2,2-4H3/b11-8+,12-9+,15-6?. The smallest absolute Gasteiger partial charge is 0.167 e. The van der Waals surface area contributed by atoms with Crippen LogP contribution in [0.1, 0.15) is 25.8 Å². The summed E-state index contributed by atoms with van der Waals surface area (Å²) in [6.07, 6.45) is 13.1. The van der Waals surface area contributed by atoms with Crippen LogP contribution in [-0.2, 0) is 9.59 Å². The van der Waals surface area contributed by atoms with Crippen LogP contribution in [0, 0.1) is 18.3 Å². The highest BCUT2D eigenvalue weighted by molar-refractivity contribution is 6.12. The molecule has 0 aliphatic rings. The van der Waals surface area contributed by atoms with E-state index in [0.717, 1.165) is 5.57 Å². The molecule has 4 heteroatoms. The predicted octanol–water partition coefficient (Wildman–Crippen LogP) is 3.71. The fourth-order valence-corrected chi connectivity index (χ4v) is 1.98. The van der Waals surface area contributed by atoms with E-state index in [9.17, 15) is 14.7 Å². The fourth-order valence-electron chi connectivity index (χ4n) is 1.98. The van der Waals surface area contributed by atoms with Crippen molar-refractivity contribution in [3.05, 3.63) is 53.6 Å². The van der Waals surface area contributed by atoms with Crippen molar-refractivity contribution >= 4 is 17.6 Å². The van der Waals surface area contributed by atoms with Crippen LogP contribution in [0.2, 0.25) is 0 Å². The second-order valence-electron chi connectivity index (χ2n) is 5.40. The number of phenolic OH excluding ortho intramolecular Hbond substituents is 1. The van der Waals surface area contributed by atoms with Gasteiger partial charge in [0.05, 0.1) is 13.0 Å². The normalized spacial score (nSPS) is 13.0. The zero-order valence-corrected chi connectivity index (χ0v) is 14.7. The molecule has 0 radical (unpaired) electrons. The number of rotatable bonds is 8. The van der Waals surface area contributed by atoms with Crippen LogP contribution in [0.3, 0.4) is 0 Å². The molecule has 0 fully saturated rings. The van der Waals surface area contributed by atoms with Crippen molar-refractivity contribution in [3.8, 4) is 23.8 Å². The highest BCUT2D eigenvalue weighted by Crippen LogP contribution is 2.26. The molecule has 0 aromatic heterocycles. The lowest BCUT2D eigenvalue weighted by molar-refractivity contribution is -0.127. The number of carbonyl (C=O) groups is 2. The molecule has 25 heavy (non-hydrogen) atoms. The van der Waals surface area contributed by atoms with Gasteiger partial charge in [0.2, 0.25) is 0 Å². The Hall–Kier alpha value is -3.06. The maximum Gasteiger partial charge on any atom is 0.167 e. The Morgan fingerprint density at radius 1 is 1.28 bits per heavy atom. The molecule has 1 aromatic rings. The van der Waals surface area contributed by atoms with E-state index in [1.165, 1.54) is 25.3 Å². The van der Waals surface area contributed by atoms with Gasteiger partial charge in [-0.15, -0.1) is 12.3 Å². The monoisotopic (exact) mass is 338 g/mol. The maximum atomic E-state index is 12.4. The number of terminal acetylenes is 1. The third kappa shape index (κ3) is 6.15. The van der Waals surface area contributed by atoms with E-state index in [4.69, 9.17) is 11.2 Å². The number of ketones is 2. The number of hydrogen-bond acceptors (Lipinski definition) is 4. The van der Waals surface area contributed by atoms with Gasteiger partial charge in [0.25, 0.3) is 0 Å². The number of allylic oxidation sites excluding steroid dienone is 5. The SMILES string of the molecule is C#CCC(C(=O)/C=C/C(C)=CC)C(=O)/C=C/c1ccc(O)c(OC)c1. The fraction of sp³-hybridized carbons (Fsp3) is 0.238. The van der Waals surface area contributed by atoms with Crippen LogP contribution in [0.25, 0.3) is 6.08 Å². The molecule has 0 aliphatic heterocycles. The lowest BCUT2D eigenvalue weighted by atomic mass is 9.94. The van der Waals surface area contributed by atoms with E-state index in [1.807, 2.05) is 19.9 Å². The number of methoxy groups -OCH3 is 1. The molecule has 0 spiro atoms. The van der Waals surface area contributed by atoms with Crippen molar-refractivity contribution in [2.24, 2.45) is 5.92 Å². The second kappa shape index (κ2) is 9.94. The third-order valence-electron chi connectivity index (χ3n) is 3.62. The van der Waals surface area contributed by atoms with E-state index in [0.29, 0.717) is 11.3 Å². The first-order valence-electron chi connectivity index (χ1n) is 7.80. The molecular weight excluding hydrogens is 316 g/mol. The molecule has 4 nitrogen and oxygen atoms in total. The minimum atomic E-state index is -0.902. The lowest BCUT2D eigenvalue weighted by Crippen LogP contribution is -2.20. The summed E-state index contributed by atoms with van der Waals surface area (Å²) in [5, 5.41) is 9.57. The molecule has 130 valence electrons. The molecule has 1 unspecified atom stereocenters. The van der Waals surface area contributed by atoms with Crippen LogP contribution in [-0.4, -0.2) is 23.8 Å². The Morgan fingerprint density at radius 3 is 2.56 bits per heavy atom. The maximum absolute atomic E-state index is 12.4. The number of hydrogen-bond donors (Lipinski definition) is 1. The second-order valence-corrected chi connectivity index (χ2v) is 5.40. The number of carbonyl (C=O) groups excluding carboxylic acids is 2. The van der Waals surface area contributed by atoms with Gasteiger partial charge in [-0.05, 0) is 43.7 Å². The number of ether oxygens (including phenoxy) is 1. The zero-order chi connectivity index (χ0) is 18.8. The Balaban J connectivity index is 2.94. The van der Waals surface area contributed by atoms with Crippen LogP contribution in [0.5, 0.6) is 11.5 Å². The average molecular weight is 338 g/mol. The summed E-state index contributed by atoms with van der Waals surface area (Å²) < 4.78 is 5.02. The van der Waals surface area contributed by atoms with Gasteiger partial charge in [-0.2, -0.15) is 0 Å². The average Bonchev–Trinajstić information content (AvgIpc) is 2.62. The molecule has 1 rings (SSSR count). The summed E-state index contributed by atoms with van der Waals surface area (Å²) in [6, 6.07) is 4.69. The van der Waals surface area contributed by atoms with Gasteiger partial charge in [-0.1, -0.05) is 29.9 Å². The van der Waals surface area contributed by atoms with E-state index in [-0.39, 0.29) is 23.7 Å². The summed E-state index contributed by atoms with van der Waals surface area (Å²) in [7, 11) is 1.44. The van der Waals surface area contributed by atoms with Crippen molar-refractivity contribution in [2.45, 2.75) is 20.3 Å². The molecule has 0 aliphatic carbocycles. The first-order valence-corrected chi connectivity index (χ1v) is 7.80. The van der Waals surface area contributed by atoms with Crippen LogP contribution < -0.4 is 4.74 Å². The summed E-state index contributed by atoms with van der Waals surface area (Å²) in [6.45, 7) is 3.72. The summed E-state index contributed by atoms with van der Waals surface area (Å²) in [5.74, 6) is 1.10. The molecule has 1 atom stereocenters. The zero-order valence-electron chi connectivity index (χ0n) is 14.7. The van der Waals surface area contributed by atoms with E-state index < -0.39 is 5.92 Å². The highest BCUT2D eigenvalue weighted by Gasteiger charge is 2.21. The Labute approximate surface area is 148 Å². The first-order chi connectivity index (χ1) is 11.9. The van der Waals surface area contributed by atoms with E-state index >= 15 is 0 Å². The number of phenols is 1. The van der Waals surface area contributed by atoms with Gasteiger partial charge in [-0.3, -0.25) is 9.59 Å². The third-order valence-corrected chi connectivity index (χ3v) is 3.62. The van der Waals surface area contributed by atoms with Crippen molar-refractivity contribution in [1.29, 1.82) is 0 Å². The highest BCUT2D eigenvalue weighted by atomic mass is 16.5.